The summed E-state index contributed by atoms with van der Waals surface area (Å²) in [4.78, 5) is 4.56. The van der Waals surface area contributed by atoms with Crippen LogP contribution in [0.5, 0.6) is 0 Å². The molecule has 0 bridgehead atoms. The van der Waals surface area contributed by atoms with Gasteiger partial charge in [0.2, 0.25) is 0 Å². The highest BCUT2D eigenvalue weighted by Crippen LogP contribution is 2.39. The molecule has 0 saturated heterocycles. The SMILES string of the molecule is CC(C)c1nc2c(o1)C(C(C)C)CC2. The Balaban J connectivity index is 2.30. The summed E-state index contributed by atoms with van der Waals surface area (Å²) in [5.74, 6) is 3.77. The predicted octanol–water partition coefficient (Wildman–Crippen LogP) is 3.48. The van der Waals surface area contributed by atoms with Crippen LogP contribution in [0.15, 0.2) is 4.42 Å². The van der Waals surface area contributed by atoms with Crippen LogP contribution >= 0.6 is 0 Å². The number of rotatable bonds is 2. The van der Waals surface area contributed by atoms with Gasteiger partial charge in [-0.2, -0.15) is 0 Å². The van der Waals surface area contributed by atoms with E-state index >= 15 is 0 Å². The average molecular weight is 193 g/mol. The number of oxazole rings is 1. The third kappa shape index (κ3) is 1.47. The van der Waals surface area contributed by atoms with E-state index in [2.05, 4.69) is 32.7 Å². The minimum Gasteiger partial charge on any atom is -0.445 e. The number of hydrogen-bond acceptors (Lipinski definition) is 2. The maximum Gasteiger partial charge on any atom is 0.197 e. The second-order valence-corrected chi connectivity index (χ2v) is 4.91. The third-order valence-corrected chi connectivity index (χ3v) is 3.07. The van der Waals surface area contributed by atoms with Gasteiger partial charge in [-0.25, -0.2) is 4.98 Å². The molecule has 0 saturated carbocycles. The van der Waals surface area contributed by atoms with E-state index < -0.39 is 0 Å². The van der Waals surface area contributed by atoms with Gasteiger partial charge >= 0.3 is 0 Å². The minimum atomic E-state index is 0.411. The van der Waals surface area contributed by atoms with Gasteiger partial charge in [-0.05, 0) is 18.8 Å². The zero-order chi connectivity index (χ0) is 10.3. The topological polar surface area (TPSA) is 26.0 Å². The number of fused-ring (bicyclic) bond motifs is 1. The van der Waals surface area contributed by atoms with Crippen molar-refractivity contribution in [3.05, 3.63) is 17.3 Å². The van der Waals surface area contributed by atoms with Crippen molar-refractivity contribution >= 4 is 0 Å². The Morgan fingerprint density at radius 3 is 2.57 bits per heavy atom. The molecular formula is C12H19NO. The molecule has 0 amide bonds. The summed E-state index contributed by atoms with van der Waals surface area (Å²) < 4.78 is 5.85. The van der Waals surface area contributed by atoms with Crippen molar-refractivity contribution in [1.29, 1.82) is 0 Å². The van der Waals surface area contributed by atoms with Crippen molar-refractivity contribution in [2.75, 3.05) is 0 Å². The molecule has 1 heterocycles. The lowest BCUT2D eigenvalue weighted by Gasteiger charge is -2.12. The summed E-state index contributed by atoms with van der Waals surface area (Å²) in [5, 5.41) is 0. The molecule has 2 rings (SSSR count). The smallest absolute Gasteiger partial charge is 0.197 e. The molecule has 1 unspecified atom stereocenters. The summed E-state index contributed by atoms with van der Waals surface area (Å²) in [5.41, 5.74) is 1.22. The monoisotopic (exact) mass is 193 g/mol. The van der Waals surface area contributed by atoms with E-state index in [-0.39, 0.29) is 0 Å². The molecule has 2 nitrogen and oxygen atoms in total. The van der Waals surface area contributed by atoms with Crippen LogP contribution in [-0.2, 0) is 6.42 Å². The maximum absolute atomic E-state index is 5.85. The highest BCUT2D eigenvalue weighted by molar-refractivity contribution is 5.22. The Hall–Kier alpha value is -0.790. The number of aryl methyl sites for hydroxylation is 1. The molecule has 1 aliphatic rings. The Bertz CT molecular complexity index is 325. The van der Waals surface area contributed by atoms with Gasteiger partial charge in [0.15, 0.2) is 5.89 Å². The van der Waals surface area contributed by atoms with E-state index in [1.165, 1.54) is 17.9 Å². The number of nitrogens with zero attached hydrogens (tertiary/aromatic N) is 1. The van der Waals surface area contributed by atoms with E-state index in [0.29, 0.717) is 17.8 Å². The van der Waals surface area contributed by atoms with E-state index in [9.17, 15) is 0 Å². The van der Waals surface area contributed by atoms with Gasteiger partial charge in [0.25, 0.3) is 0 Å². The van der Waals surface area contributed by atoms with Crippen LogP contribution < -0.4 is 0 Å². The van der Waals surface area contributed by atoms with Crippen LogP contribution in [0.3, 0.4) is 0 Å². The maximum atomic E-state index is 5.85. The quantitative estimate of drug-likeness (QED) is 0.718. The number of aromatic nitrogens is 1. The molecule has 1 aromatic rings. The van der Waals surface area contributed by atoms with Crippen LogP contribution in [0.2, 0.25) is 0 Å². The first-order valence-electron chi connectivity index (χ1n) is 5.59. The Morgan fingerprint density at radius 1 is 1.29 bits per heavy atom. The highest BCUT2D eigenvalue weighted by atomic mass is 16.4. The van der Waals surface area contributed by atoms with E-state index in [4.69, 9.17) is 4.42 Å². The molecule has 14 heavy (non-hydrogen) atoms. The van der Waals surface area contributed by atoms with Gasteiger partial charge in [0.1, 0.15) is 5.76 Å². The molecule has 0 aromatic carbocycles. The number of hydrogen-bond donors (Lipinski definition) is 0. The molecule has 1 atom stereocenters. The first kappa shape index (κ1) is 9.75. The lowest BCUT2D eigenvalue weighted by molar-refractivity contribution is 0.369. The fourth-order valence-electron chi connectivity index (χ4n) is 2.16. The van der Waals surface area contributed by atoms with Crippen molar-refractivity contribution < 1.29 is 4.42 Å². The molecule has 1 aromatic heterocycles. The zero-order valence-electron chi connectivity index (χ0n) is 9.50. The summed E-state index contributed by atoms with van der Waals surface area (Å²) in [6.07, 6.45) is 2.33. The first-order valence-corrected chi connectivity index (χ1v) is 5.59. The van der Waals surface area contributed by atoms with Gasteiger partial charge in [-0.3, -0.25) is 0 Å². The molecule has 78 valence electrons. The summed E-state index contributed by atoms with van der Waals surface area (Å²) in [6, 6.07) is 0. The van der Waals surface area contributed by atoms with Crippen LogP contribution in [0.25, 0.3) is 0 Å². The molecule has 0 fully saturated rings. The van der Waals surface area contributed by atoms with Crippen LogP contribution in [0.4, 0.5) is 0 Å². The highest BCUT2D eigenvalue weighted by Gasteiger charge is 2.31. The molecule has 0 radical (unpaired) electrons. The largest absolute Gasteiger partial charge is 0.445 e. The van der Waals surface area contributed by atoms with Crippen molar-refractivity contribution in [2.45, 2.75) is 52.4 Å². The van der Waals surface area contributed by atoms with Crippen molar-refractivity contribution in [2.24, 2.45) is 5.92 Å². The van der Waals surface area contributed by atoms with Crippen molar-refractivity contribution in [3.8, 4) is 0 Å². The Morgan fingerprint density at radius 2 is 2.00 bits per heavy atom. The predicted molar refractivity (Wildman–Crippen MR) is 56.5 cm³/mol. The van der Waals surface area contributed by atoms with Gasteiger partial charge in [-0.15, -0.1) is 0 Å². The van der Waals surface area contributed by atoms with E-state index in [1.54, 1.807) is 0 Å². The molecule has 0 aliphatic heterocycles. The Labute approximate surface area is 85.7 Å². The minimum absolute atomic E-state index is 0.411. The van der Waals surface area contributed by atoms with Gasteiger partial charge in [0, 0.05) is 11.8 Å². The van der Waals surface area contributed by atoms with E-state index in [0.717, 1.165) is 12.3 Å². The van der Waals surface area contributed by atoms with Gasteiger partial charge < -0.3 is 4.42 Å². The van der Waals surface area contributed by atoms with Crippen LogP contribution in [0.1, 0.15) is 63.3 Å². The second kappa shape index (κ2) is 3.41. The fourth-order valence-corrected chi connectivity index (χ4v) is 2.16. The van der Waals surface area contributed by atoms with Crippen LogP contribution in [-0.4, -0.2) is 4.98 Å². The normalized spacial score (nSPS) is 20.9. The van der Waals surface area contributed by atoms with Crippen molar-refractivity contribution in [3.63, 3.8) is 0 Å². The van der Waals surface area contributed by atoms with Crippen LogP contribution in [0, 0.1) is 5.92 Å². The van der Waals surface area contributed by atoms with E-state index in [1.807, 2.05) is 0 Å². The lowest BCUT2D eigenvalue weighted by Crippen LogP contribution is -2.01. The summed E-state index contributed by atoms with van der Waals surface area (Å²) >= 11 is 0. The van der Waals surface area contributed by atoms with Gasteiger partial charge in [-0.1, -0.05) is 27.7 Å². The Kier molecular flexibility index (Phi) is 2.38. The summed E-state index contributed by atoms with van der Waals surface area (Å²) in [6.45, 7) is 8.78. The first-order chi connectivity index (χ1) is 6.59. The molecule has 0 spiro atoms. The molecule has 1 aliphatic carbocycles. The molecular weight excluding hydrogens is 174 g/mol. The second-order valence-electron chi connectivity index (χ2n) is 4.91. The summed E-state index contributed by atoms with van der Waals surface area (Å²) in [7, 11) is 0. The third-order valence-electron chi connectivity index (χ3n) is 3.07. The fraction of sp³-hybridized carbons (Fsp3) is 0.750. The molecule has 2 heteroatoms. The zero-order valence-corrected chi connectivity index (χ0v) is 9.50. The molecule has 0 N–H and O–H groups in total. The standard InChI is InChI=1S/C12H19NO/c1-7(2)9-5-6-10-11(9)14-12(13-10)8(3)4/h7-9H,5-6H2,1-4H3. The van der Waals surface area contributed by atoms with Crippen molar-refractivity contribution in [1.82, 2.24) is 4.98 Å². The average Bonchev–Trinajstić information content (AvgIpc) is 2.58. The lowest BCUT2D eigenvalue weighted by atomic mass is 9.94. The van der Waals surface area contributed by atoms with Gasteiger partial charge in [0.05, 0.1) is 5.69 Å².